The summed E-state index contributed by atoms with van der Waals surface area (Å²) in [5.74, 6) is 0.506. The van der Waals surface area contributed by atoms with Crippen molar-refractivity contribution in [2.75, 3.05) is 25.3 Å². The smallest absolute Gasteiger partial charge is 0.334 e. The number of esters is 1. The van der Waals surface area contributed by atoms with Gasteiger partial charge in [-0.2, -0.15) is 0 Å². The highest BCUT2D eigenvalue weighted by atomic mass is 32.2. The number of carbonyl (C=O) groups excluding carboxylic acids is 1. The summed E-state index contributed by atoms with van der Waals surface area (Å²) in [6.07, 6.45) is 7.68. The second-order valence-electron chi connectivity index (χ2n) is 7.52. The summed E-state index contributed by atoms with van der Waals surface area (Å²) in [7, 11) is 1.67. The molecule has 33 heavy (non-hydrogen) atoms. The molecular formula is C24H27N5O3S. The van der Waals surface area contributed by atoms with Crippen molar-refractivity contribution in [1.29, 1.82) is 0 Å². The van der Waals surface area contributed by atoms with Gasteiger partial charge in [0.2, 0.25) is 0 Å². The van der Waals surface area contributed by atoms with Gasteiger partial charge >= 0.3 is 5.97 Å². The van der Waals surface area contributed by atoms with Crippen LogP contribution in [0.5, 0.6) is 0 Å². The molecule has 0 spiro atoms. The highest BCUT2D eigenvalue weighted by Gasteiger charge is 2.26. The van der Waals surface area contributed by atoms with Crippen LogP contribution < -0.4 is 4.90 Å². The molecule has 2 aromatic heterocycles. The predicted molar refractivity (Wildman–Crippen MR) is 128 cm³/mol. The number of aryl methyl sites for hydroxylation is 1. The number of hydrogen-bond donors (Lipinski definition) is 0. The highest BCUT2D eigenvalue weighted by molar-refractivity contribution is 7.99. The number of anilines is 2. The van der Waals surface area contributed by atoms with Gasteiger partial charge in [-0.3, -0.25) is 4.90 Å². The normalized spacial score (nSPS) is 13.0. The Labute approximate surface area is 197 Å². The van der Waals surface area contributed by atoms with Crippen molar-refractivity contribution in [2.24, 2.45) is 0 Å². The molecule has 0 unspecified atom stereocenters. The first kappa shape index (κ1) is 23.0. The van der Waals surface area contributed by atoms with Gasteiger partial charge in [-0.25, -0.2) is 19.7 Å². The maximum atomic E-state index is 12.3. The number of fused-ring (bicyclic) bond motifs is 2. The number of aromatic nitrogens is 4. The topological polar surface area (TPSA) is 82.4 Å². The summed E-state index contributed by atoms with van der Waals surface area (Å²) in [6, 6.07) is 6.35. The quantitative estimate of drug-likeness (QED) is 0.353. The number of hydrogen-bond acceptors (Lipinski definition) is 8. The Bertz CT molecular complexity index is 1190. The van der Waals surface area contributed by atoms with Crippen LogP contribution in [-0.4, -0.2) is 45.9 Å². The van der Waals surface area contributed by atoms with E-state index in [1.54, 1.807) is 31.3 Å². The molecule has 1 aliphatic heterocycles. The van der Waals surface area contributed by atoms with E-state index in [1.165, 1.54) is 0 Å². The van der Waals surface area contributed by atoms with E-state index >= 15 is 0 Å². The summed E-state index contributed by atoms with van der Waals surface area (Å²) in [5, 5.41) is 0.860. The monoisotopic (exact) mass is 465 g/mol. The van der Waals surface area contributed by atoms with Crippen LogP contribution in [0.3, 0.4) is 0 Å². The molecule has 0 amide bonds. The van der Waals surface area contributed by atoms with Crippen LogP contribution in [0, 0.1) is 6.92 Å². The molecule has 0 radical (unpaired) electrons. The number of methoxy groups -OCH3 is 1. The Hall–Kier alpha value is -3.17. The number of benzene rings is 1. The summed E-state index contributed by atoms with van der Waals surface area (Å²) >= 11 is 1.60. The number of ether oxygens (including phenoxy) is 2. The van der Waals surface area contributed by atoms with E-state index in [1.807, 2.05) is 38.1 Å². The zero-order valence-electron chi connectivity index (χ0n) is 19.2. The van der Waals surface area contributed by atoms with Gasteiger partial charge < -0.3 is 14.0 Å². The van der Waals surface area contributed by atoms with Crippen molar-refractivity contribution >= 4 is 35.3 Å². The largest absolute Gasteiger partial charge is 0.463 e. The third-order valence-corrected chi connectivity index (χ3v) is 6.38. The van der Waals surface area contributed by atoms with E-state index in [0.717, 1.165) is 38.4 Å². The maximum Gasteiger partial charge on any atom is 0.334 e. The molecule has 8 nitrogen and oxygen atoms in total. The Morgan fingerprint density at radius 3 is 2.76 bits per heavy atom. The molecule has 0 saturated carbocycles. The zero-order valence-corrected chi connectivity index (χ0v) is 20.1. The van der Waals surface area contributed by atoms with Crippen molar-refractivity contribution in [1.82, 2.24) is 19.5 Å². The van der Waals surface area contributed by atoms with E-state index in [-0.39, 0.29) is 5.97 Å². The first-order valence-corrected chi connectivity index (χ1v) is 11.6. The van der Waals surface area contributed by atoms with Gasteiger partial charge in [0.15, 0.2) is 5.82 Å². The maximum absolute atomic E-state index is 12.3. The van der Waals surface area contributed by atoms with Crippen LogP contribution in [0.15, 0.2) is 52.4 Å². The number of nitrogens with zero attached hydrogens (tertiary/aromatic N) is 5. The minimum absolute atomic E-state index is 0.284. The number of imidazole rings is 1. The van der Waals surface area contributed by atoms with Crippen LogP contribution in [0.4, 0.5) is 11.5 Å². The Balaban J connectivity index is 1.66. The SMILES string of the molecule is CCOC(=O)/C(=C/c1c(C)ncn1Cc1ccc2c(c1)N(COC)c1nccnc1S2)CC. The second kappa shape index (κ2) is 10.2. The van der Waals surface area contributed by atoms with Crippen LogP contribution >= 0.6 is 11.8 Å². The van der Waals surface area contributed by atoms with Crippen LogP contribution in [-0.2, 0) is 20.8 Å². The van der Waals surface area contributed by atoms with Gasteiger partial charge in [0.1, 0.15) is 11.8 Å². The lowest BCUT2D eigenvalue weighted by atomic mass is 10.1. The van der Waals surface area contributed by atoms with Gasteiger partial charge in [0.05, 0.1) is 30.0 Å². The van der Waals surface area contributed by atoms with E-state index in [2.05, 4.69) is 37.7 Å². The standard InChI is InChI=1S/C24H27N5O3S/c1-5-18(24(30)32-6-2)12-19-16(3)27-14-28(19)13-17-7-8-21-20(11-17)29(15-31-4)22-23(33-21)26-10-9-25-22/h7-12,14H,5-6,13,15H2,1-4H3/b18-12+. The molecule has 1 aromatic carbocycles. The first-order chi connectivity index (χ1) is 16.0. The molecule has 3 heterocycles. The molecule has 0 bridgehead atoms. The molecule has 172 valence electrons. The highest BCUT2D eigenvalue weighted by Crippen LogP contribution is 2.46. The average Bonchev–Trinajstić information content (AvgIpc) is 3.16. The van der Waals surface area contributed by atoms with Crippen LogP contribution in [0.25, 0.3) is 6.08 Å². The third-order valence-electron chi connectivity index (χ3n) is 5.33. The lowest BCUT2D eigenvalue weighted by molar-refractivity contribution is -0.138. The number of carbonyl (C=O) groups is 1. The van der Waals surface area contributed by atoms with Gasteiger partial charge in [-0.05, 0) is 44.0 Å². The Morgan fingerprint density at radius 1 is 1.18 bits per heavy atom. The van der Waals surface area contributed by atoms with E-state index in [9.17, 15) is 4.79 Å². The van der Waals surface area contributed by atoms with E-state index in [4.69, 9.17) is 9.47 Å². The summed E-state index contributed by atoms with van der Waals surface area (Å²) in [6.45, 7) is 7.04. The molecule has 0 saturated heterocycles. The fourth-order valence-corrected chi connectivity index (χ4v) is 4.69. The van der Waals surface area contributed by atoms with Gasteiger partial charge in [0, 0.05) is 36.5 Å². The van der Waals surface area contributed by atoms with Gasteiger partial charge in [0.25, 0.3) is 0 Å². The zero-order chi connectivity index (χ0) is 23.4. The van der Waals surface area contributed by atoms with Crippen molar-refractivity contribution in [3.63, 3.8) is 0 Å². The fraction of sp³-hybridized carbons (Fsp3) is 0.333. The van der Waals surface area contributed by atoms with Crippen molar-refractivity contribution in [3.8, 4) is 0 Å². The second-order valence-corrected chi connectivity index (χ2v) is 8.55. The minimum Gasteiger partial charge on any atom is -0.463 e. The molecule has 4 rings (SSSR count). The Kier molecular flexibility index (Phi) is 7.10. The van der Waals surface area contributed by atoms with Crippen molar-refractivity contribution in [2.45, 2.75) is 43.7 Å². The Morgan fingerprint density at radius 2 is 2.00 bits per heavy atom. The van der Waals surface area contributed by atoms with Crippen molar-refractivity contribution < 1.29 is 14.3 Å². The molecule has 1 aliphatic rings. The van der Waals surface area contributed by atoms with E-state index in [0.29, 0.717) is 31.9 Å². The summed E-state index contributed by atoms with van der Waals surface area (Å²) in [4.78, 5) is 28.9. The molecule has 0 N–H and O–H groups in total. The first-order valence-electron chi connectivity index (χ1n) is 10.8. The van der Waals surface area contributed by atoms with Crippen LogP contribution in [0.1, 0.15) is 37.2 Å². The van der Waals surface area contributed by atoms with Crippen LogP contribution in [0.2, 0.25) is 0 Å². The molecule has 3 aromatic rings. The van der Waals surface area contributed by atoms with Gasteiger partial charge in [-0.15, -0.1) is 0 Å². The molecule has 0 fully saturated rings. The molecule has 0 atom stereocenters. The lowest BCUT2D eigenvalue weighted by Crippen LogP contribution is -2.24. The predicted octanol–water partition coefficient (Wildman–Crippen LogP) is 4.59. The third kappa shape index (κ3) is 4.79. The minimum atomic E-state index is -0.284. The fourth-order valence-electron chi connectivity index (χ4n) is 3.71. The van der Waals surface area contributed by atoms with Gasteiger partial charge in [-0.1, -0.05) is 24.8 Å². The lowest BCUT2D eigenvalue weighted by Gasteiger charge is -2.30. The number of rotatable bonds is 8. The summed E-state index contributed by atoms with van der Waals surface area (Å²) < 4.78 is 12.7. The summed E-state index contributed by atoms with van der Waals surface area (Å²) in [5.41, 5.74) is 4.53. The molecule has 9 heteroatoms. The molecular weight excluding hydrogens is 438 g/mol. The van der Waals surface area contributed by atoms with Crippen molar-refractivity contribution in [3.05, 3.63) is 59.4 Å². The van der Waals surface area contributed by atoms with E-state index < -0.39 is 0 Å². The average molecular weight is 466 g/mol. The molecule has 0 aliphatic carbocycles.